The van der Waals surface area contributed by atoms with E-state index in [1.807, 2.05) is 61.7 Å². The second kappa shape index (κ2) is 10.4. The summed E-state index contributed by atoms with van der Waals surface area (Å²) in [6.07, 6.45) is 5.45. The van der Waals surface area contributed by atoms with Crippen LogP contribution in [0.25, 0.3) is 5.00 Å². The molecule has 2 aromatic heterocycles. The van der Waals surface area contributed by atoms with Crippen LogP contribution in [0.3, 0.4) is 0 Å². The van der Waals surface area contributed by atoms with E-state index in [4.69, 9.17) is 4.74 Å². The summed E-state index contributed by atoms with van der Waals surface area (Å²) in [6.45, 7) is 3.72. The van der Waals surface area contributed by atoms with Crippen molar-refractivity contribution >= 4 is 35.1 Å². The van der Waals surface area contributed by atoms with Gasteiger partial charge in [0.05, 0.1) is 11.8 Å². The third-order valence-corrected chi connectivity index (χ3v) is 7.41. The average Bonchev–Trinajstić information content (AvgIpc) is 3.34. The van der Waals surface area contributed by atoms with Gasteiger partial charge in [0, 0.05) is 47.7 Å². The fraction of sp³-hybridized carbons (Fsp3) is 0.346. The molecule has 0 aliphatic heterocycles. The zero-order valence-electron chi connectivity index (χ0n) is 20.4. The van der Waals surface area contributed by atoms with Crippen LogP contribution < -0.4 is 15.1 Å². The fourth-order valence-corrected chi connectivity index (χ4v) is 5.86. The minimum atomic E-state index is -0.884. The van der Waals surface area contributed by atoms with Gasteiger partial charge in [-0.15, -0.1) is 11.3 Å². The minimum absolute atomic E-state index is 0.157. The first kappa shape index (κ1) is 24.5. The summed E-state index contributed by atoms with van der Waals surface area (Å²) in [6, 6.07) is 9.43. The lowest BCUT2D eigenvalue weighted by atomic mass is 9.95. The van der Waals surface area contributed by atoms with Crippen molar-refractivity contribution in [3.05, 3.63) is 63.3 Å². The Kier molecular flexibility index (Phi) is 7.25. The van der Waals surface area contributed by atoms with E-state index < -0.39 is 5.97 Å². The average molecular weight is 495 g/mol. The molecule has 0 unspecified atom stereocenters. The first-order chi connectivity index (χ1) is 16.8. The molecule has 0 radical (unpaired) electrons. The number of hydrogen-bond acceptors (Lipinski definition) is 6. The van der Waals surface area contributed by atoms with Crippen LogP contribution in [-0.4, -0.2) is 48.5 Å². The van der Waals surface area contributed by atoms with E-state index in [-0.39, 0.29) is 12.5 Å². The largest absolute Gasteiger partial charge is 0.484 e. The highest BCUT2D eigenvalue weighted by Crippen LogP contribution is 2.38. The van der Waals surface area contributed by atoms with E-state index in [2.05, 4.69) is 10.5 Å². The summed E-state index contributed by atoms with van der Waals surface area (Å²) in [5, 5.41) is 14.8. The van der Waals surface area contributed by atoms with Crippen LogP contribution >= 0.6 is 11.3 Å². The van der Waals surface area contributed by atoms with Gasteiger partial charge in [-0.3, -0.25) is 4.79 Å². The molecule has 8 nitrogen and oxygen atoms in total. The molecule has 1 amide bonds. The predicted molar refractivity (Wildman–Crippen MR) is 139 cm³/mol. The van der Waals surface area contributed by atoms with E-state index in [1.165, 1.54) is 4.88 Å². The first-order valence-electron chi connectivity index (χ1n) is 11.6. The lowest BCUT2D eigenvalue weighted by Gasteiger charge is -2.13. The lowest BCUT2D eigenvalue weighted by Crippen LogP contribution is -2.24. The molecule has 2 heterocycles. The number of amides is 1. The maximum absolute atomic E-state index is 12.2. The normalized spacial score (nSPS) is 13.0. The van der Waals surface area contributed by atoms with E-state index in [0.29, 0.717) is 11.3 Å². The van der Waals surface area contributed by atoms with Crippen molar-refractivity contribution < 1.29 is 19.4 Å². The number of hydrogen-bond donors (Lipinski definition) is 2. The minimum Gasteiger partial charge on any atom is -0.484 e. The summed E-state index contributed by atoms with van der Waals surface area (Å²) in [4.78, 5) is 27.5. The molecular weight excluding hydrogens is 464 g/mol. The second-order valence-corrected chi connectivity index (χ2v) is 9.92. The number of hydrazone groups is 1. The number of carboxylic acid groups (broad SMARTS) is 1. The molecule has 0 saturated heterocycles. The smallest absolute Gasteiger partial charge is 0.339 e. The summed E-state index contributed by atoms with van der Waals surface area (Å²) in [5.41, 5.74) is 7.48. The highest BCUT2D eigenvalue weighted by molar-refractivity contribution is 7.15. The zero-order valence-corrected chi connectivity index (χ0v) is 21.2. The molecule has 4 rings (SSSR count). The van der Waals surface area contributed by atoms with Gasteiger partial charge < -0.3 is 19.3 Å². The van der Waals surface area contributed by atoms with Crippen molar-refractivity contribution in [1.29, 1.82) is 0 Å². The molecule has 1 aliphatic rings. The maximum Gasteiger partial charge on any atom is 0.339 e. The molecule has 1 aromatic carbocycles. The van der Waals surface area contributed by atoms with E-state index in [0.717, 1.165) is 58.9 Å². The highest BCUT2D eigenvalue weighted by Gasteiger charge is 2.27. The predicted octanol–water partition coefficient (Wildman–Crippen LogP) is 4.33. The third kappa shape index (κ3) is 5.24. The Balaban J connectivity index is 1.46. The molecule has 0 atom stereocenters. The standard InChI is InChI=1S/C26H30N4O4S/c1-16-12-18(14-27-28-23(31)15-34-20-9-7-8-19(13-20)29(3)4)17(2)30(16)25-24(26(32)33)21-10-5-6-11-22(21)35-25/h7-9,12-14H,5-6,10-11,15H2,1-4H3,(H,28,31)(H,32,33). The van der Waals surface area contributed by atoms with Crippen LogP contribution in [0.15, 0.2) is 35.4 Å². The Morgan fingerprint density at radius 3 is 2.74 bits per heavy atom. The maximum atomic E-state index is 12.2. The molecule has 0 bridgehead atoms. The molecule has 184 valence electrons. The molecule has 9 heteroatoms. The van der Waals surface area contributed by atoms with E-state index in [1.54, 1.807) is 23.6 Å². The first-order valence-corrected chi connectivity index (χ1v) is 12.4. The number of aryl methyl sites for hydroxylation is 2. The number of thiophene rings is 1. The van der Waals surface area contributed by atoms with Gasteiger partial charge in [-0.1, -0.05) is 6.07 Å². The number of benzene rings is 1. The number of carbonyl (C=O) groups excluding carboxylic acids is 1. The molecule has 2 N–H and O–H groups in total. The Labute approximate surface area is 208 Å². The number of carboxylic acids is 1. The molecule has 0 fully saturated rings. The van der Waals surface area contributed by atoms with Crippen LogP contribution in [-0.2, 0) is 17.6 Å². The number of carbonyl (C=O) groups is 2. The van der Waals surface area contributed by atoms with Crippen LogP contribution in [0, 0.1) is 13.8 Å². The molecule has 35 heavy (non-hydrogen) atoms. The van der Waals surface area contributed by atoms with Crippen molar-refractivity contribution in [1.82, 2.24) is 9.99 Å². The lowest BCUT2D eigenvalue weighted by molar-refractivity contribution is -0.123. The fourth-order valence-electron chi connectivity index (χ4n) is 4.37. The summed E-state index contributed by atoms with van der Waals surface area (Å²) >= 11 is 1.57. The van der Waals surface area contributed by atoms with Crippen molar-refractivity contribution in [2.75, 3.05) is 25.6 Å². The summed E-state index contributed by atoms with van der Waals surface area (Å²) < 4.78 is 7.55. The SMILES string of the molecule is Cc1cc(C=NNC(=O)COc2cccc(N(C)C)c2)c(C)n1-c1sc2c(c1C(=O)O)CCCC2. The van der Waals surface area contributed by atoms with Crippen LogP contribution in [0.1, 0.15) is 50.6 Å². The van der Waals surface area contributed by atoms with E-state index in [9.17, 15) is 14.7 Å². The highest BCUT2D eigenvalue weighted by atomic mass is 32.1. The number of aromatic carboxylic acids is 1. The van der Waals surface area contributed by atoms with E-state index >= 15 is 0 Å². The Bertz CT molecular complexity index is 1290. The Morgan fingerprint density at radius 2 is 2.00 bits per heavy atom. The third-order valence-electron chi connectivity index (χ3n) is 6.14. The molecular formula is C26H30N4O4S. The van der Waals surface area contributed by atoms with Crippen molar-refractivity contribution in [3.8, 4) is 10.8 Å². The van der Waals surface area contributed by atoms with Gasteiger partial charge in [-0.05, 0) is 63.3 Å². The van der Waals surface area contributed by atoms with Crippen LogP contribution in [0.2, 0.25) is 0 Å². The van der Waals surface area contributed by atoms with Crippen molar-refractivity contribution in [2.45, 2.75) is 39.5 Å². The Morgan fingerprint density at radius 1 is 1.23 bits per heavy atom. The summed E-state index contributed by atoms with van der Waals surface area (Å²) in [5.74, 6) is -0.651. The van der Waals surface area contributed by atoms with Crippen LogP contribution in [0.4, 0.5) is 5.69 Å². The monoisotopic (exact) mass is 494 g/mol. The van der Waals surface area contributed by atoms with Gasteiger partial charge in [0.2, 0.25) is 0 Å². The van der Waals surface area contributed by atoms with Gasteiger partial charge in [0.1, 0.15) is 10.8 Å². The topological polar surface area (TPSA) is 96.2 Å². The van der Waals surface area contributed by atoms with Gasteiger partial charge in [-0.25, -0.2) is 10.2 Å². The number of nitrogens with zero attached hydrogens (tertiary/aromatic N) is 3. The number of anilines is 1. The van der Waals surface area contributed by atoms with Crippen LogP contribution in [0.5, 0.6) is 5.75 Å². The number of aromatic nitrogens is 1. The van der Waals surface area contributed by atoms with Gasteiger partial charge >= 0.3 is 5.97 Å². The number of rotatable bonds is 8. The second-order valence-electron chi connectivity index (χ2n) is 8.83. The van der Waals surface area contributed by atoms with Gasteiger partial charge in [-0.2, -0.15) is 5.10 Å². The quantitative estimate of drug-likeness (QED) is 0.359. The summed E-state index contributed by atoms with van der Waals surface area (Å²) in [7, 11) is 3.87. The molecule has 0 spiro atoms. The molecule has 0 saturated carbocycles. The number of fused-ring (bicyclic) bond motifs is 1. The zero-order chi connectivity index (χ0) is 25.1. The number of ether oxygens (including phenoxy) is 1. The Hall–Kier alpha value is -3.59. The van der Waals surface area contributed by atoms with Crippen molar-refractivity contribution in [3.63, 3.8) is 0 Å². The van der Waals surface area contributed by atoms with Gasteiger partial charge in [0.15, 0.2) is 6.61 Å². The molecule has 3 aromatic rings. The van der Waals surface area contributed by atoms with Crippen molar-refractivity contribution in [2.24, 2.45) is 5.10 Å². The van der Waals surface area contributed by atoms with Gasteiger partial charge in [0.25, 0.3) is 5.91 Å². The molecule has 1 aliphatic carbocycles. The number of nitrogens with one attached hydrogen (secondary N) is 1.